The Morgan fingerprint density at radius 2 is 2.05 bits per heavy atom. The van der Waals surface area contributed by atoms with E-state index in [4.69, 9.17) is 5.73 Å². The van der Waals surface area contributed by atoms with Gasteiger partial charge in [-0.2, -0.15) is 0 Å². The van der Waals surface area contributed by atoms with Crippen molar-refractivity contribution in [2.75, 3.05) is 31.1 Å². The van der Waals surface area contributed by atoms with E-state index in [1.807, 2.05) is 23.6 Å². The van der Waals surface area contributed by atoms with E-state index in [1.54, 1.807) is 17.4 Å². The largest absolute Gasteiger partial charge is 0.366 e. The average Bonchev–Trinajstić information content (AvgIpc) is 2.98. The van der Waals surface area contributed by atoms with Crippen LogP contribution in [0.25, 0.3) is 11.3 Å². The number of piperazine rings is 1. The van der Waals surface area contributed by atoms with Crippen molar-refractivity contribution >= 4 is 22.4 Å². The lowest BCUT2D eigenvalue weighted by Gasteiger charge is -2.26. The number of rotatable bonds is 3. The first-order valence-electron chi connectivity index (χ1n) is 6.56. The number of anilines is 1. The molecule has 0 spiro atoms. The van der Waals surface area contributed by atoms with E-state index in [0.29, 0.717) is 5.56 Å². The molecule has 1 saturated heterocycles. The van der Waals surface area contributed by atoms with E-state index in [-0.39, 0.29) is 0 Å². The molecule has 0 atom stereocenters. The Bertz CT molecular complexity index is 619. The maximum atomic E-state index is 11.5. The summed E-state index contributed by atoms with van der Waals surface area (Å²) in [6, 6.07) is 7.33. The molecule has 1 aromatic carbocycles. The summed E-state index contributed by atoms with van der Waals surface area (Å²) in [5.74, 6) is -0.419. The van der Waals surface area contributed by atoms with Crippen LogP contribution in [0.1, 0.15) is 10.4 Å². The van der Waals surface area contributed by atoms with Crippen molar-refractivity contribution in [2.45, 2.75) is 0 Å². The topological polar surface area (TPSA) is 71.2 Å². The fraction of sp³-hybridized carbons (Fsp3) is 0.286. The van der Waals surface area contributed by atoms with Gasteiger partial charge >= 0.3 is 0 Å². The van der Waals surface area contributed by atoms with Gasteiger partial charge < -0.3 is 16.0 Å². The van der Waals surface area contributed by atoms with Gasteiger partial charge in [0.15, 0.2) is 5.13 Å². The first kappa shape index (κ1) is 13.1. The standard InChI is InChI=1S/C14H16N4OS/c15-13(19)11-4-2-1-3-10(11)12-9-20-14(17-12)18-7-5-16-6-8-18/h1-4,9,16H,5-8H2,(H2,15,19). The van der Waals surface area contributed by atoms with Gasteiger partial charge in [0, 0.05) is 42.7 Å². The molecule has 5 nitrogen and oxygen atoms in total. The van der Waals surface area contributed by atoms with Crippen LogP contribution in [0.3, 0.4) is 0 Å². The van der Waals surface area contributed by atoms with Crippen molar-refractivity contribution < 1.29 is 4.79 Å². The molecule has 0 bridgehead atoms. The zero-order valence-corrected chi connectivity index (χ0v) is 11.8. The van der Waals surface area contributed by atoms with Crippen LogP contribution >= 0.6 is 11.3 Å². The minimum Gasteiger partial charge on any atom is -0.366 e. The molecule has 0 radical (unpaired) electrons. The Morgan fingerprint density at radius 1 is 1.30 bits per heavy atom. The fourth-order valence-electron chi connectivity index (χ4n) is 2.31. The van der Waals surface area contributed by atoms with E-state index >= 15 is 0 Å². The monoisotopic (exact) mass is 288 g/mol. The van der Waals surface area contributed by atoms with Crippen LogP contribution in [-0.2, 0) is 0 Å². The summed E-state index contributed by atoms with van der Waals surface area (Å²) in [5.41, 5.74) is 7.56. The number of carbonyl (C=O) groups excluding carboxylic acids is 1. The molecule has 0 saturated carbocycles. The lowest BCUT2D eigenvalue weighted by Crippen LogP contribution is -2.43. The lowest BCUT2D eigenvalue weighted by molar-refractivity contribution is 0.100. The highest BCUT2D eigenvalue weighted by atomic mass is 32.1. The number of primary amides is 1. The molecule has 1 aliphatic heterocycles. The first-order valence-corrected chi connectivity index (χ1v) is 7.44. The maximum absolute atomic E-state index is 11.5. The van der Waals surface area contributed by atoms with Gasteiger partial charge in [0.05, 0.1) is 5.69 Å². The quantitative estimate of drug-likeness (QED) is 0.893. The predicted octanol–water partition coefficient (Wildman–Crippen LogP) is 1.32. The third kappa shape index (κ3) is 2.52. The van der Waals surface area contributed by atoms with Crippen molar-refractivity contribution in [3.05, 3.63) is 35.2 Å². The number of amides is 1. The van der Waals surface area contributed by atoms with E-state index in [0.717, 1.165) is 42.6 Å². The smallest absolute Gasteiger partial charge is 0.249 e. The Hall–Kier alpha value is -1.92. The van der Waals surface area contributed by atoms with Gasteiger partial charge in [-0.3, -0.25) is 4.79 Å². The number of aromatic nitrogens is 1. The van der Waals surface area contributed by atoms with E-state index in [9.17, 15) is 4.79 Å². The molecule has 20 heavy (non-hydrogen) atoms. The molecular weight excluding hydrogens is 272 g/mol. The summed E-state index contributed by atoms with van der Waals surface area (Å²) in [7, 11) is 0. The molecule has 2 heterocycles. The zero-order valence-electron chi connectivity index (χ0n) is 11.0. The molecule has 1 amide bonds. The fourth-order valence-corrected chi connectivity index (χ4v) is 3.19. The Labute approximate surface area is 121 Å². The zero-order chi connectivity index (χ0) is 13.9. The van der Waals surface area contributed by atoms with E-state index in [1.165, 1.54) is 0 Å². The normalized spacial score (nSPS) is 15.3. The summed E-state index contributed by atoms with van der Waals surface area (Å²) >= 11 is 1.61. The van der Waals surface area contributed by atoms with Gasteiger partial charge in [-0.05, 0) is 6.07 Å². The van der Waals surface area contributed by atoms with Crippen LogP contribution in [0.15, 0.2) is 29.6 Å². The molecule has 3 rings (SSSR count). The number of nitrogens with one attached hydrogen (secondary N) is 1. The number of hydrogen-bond acceptors (Lipinski definition) is 5. The second kappa shape index (κ2) is 5.60. The molecule has 1 aromatic heterocycles. The second-order valence-corrected chi connectivity index (χ2v) is 5.50. The van der Waals surface area contributed by atoms with Gasteiger partial charge in [0.25, 0.3) is 0 Å². The minimum atomic E-state index is -0.419. The van der Waals surface area contributed by atoms with Crippen molar-refractivity contribution in [3.8, 4) is 11.3 Å². The maximum Gasteiger partial charge on any atom is 0.249 e. The molecular formula is C14H16N4OS. The number of carbonyl (C=O) groups is 1. The summed E-state index contributed by atoms with van der Waals surface area (Å²) < 4.78 is 0. The van der Waals surface area contributed by atoms with E-state index in [2.05, 4.69) is 15.2 Å². The van der Waals surface area contributed by atoms with Gasteiger partial charge in [-0.25, -0.2) is 4.98 Å². The highest BCUT2D eigenvalue weighted by Gasteiger charge is 2.16. The average molecular weight is 288 g/mol. The minimum absolute atomic E-state index is 0.419. The Morgan fingerprint density at radius 3 is 2.80 bits per heavy atom. The van der Waals surface area contributed by atoms with Gasteiger partial charge in [-0.15, -0.1) is 11.3 Å². The van der Waals surface area contributed by atoms with Crippen LogP contribution < -0.4 is 16.0 Å². The lowest BCUT2D eigenvalue weighted by atomic mass is 10.1. The molecule has 0 aliphatic carbocycles. The second-order valence-electron chi connectivity index (χ2n) is 4.66. The number of benzene rings is 1. The highest BCUT2D eigenvalue weighted by Crippen LogP contribution is 2.29. The molecule has 3 N–H and O–H groups in total. The number of hydrogen-bond donors (Lipinski definition) is 2. The SMILES string of the molecule is NC(=O)c1ccccc1-c1csc(N2CCNCC2)n1. The van der Waals surface area contributed by atoms with E-state index < -0.39 is 5.91 Å². The first-order chi connectivity index (χ1) is 9.75. The molecule has 0 unspecified atom stereocenters. The number of thiazole rings is 1. The van der Waals surface area contributed by atoms with Crippen molar-refractivity contribution in [1.29, 1.82) is 0 Å². The summed E-state index contributed by atoms with van der Waals surface area (Å²) in [6.45, 7) is 3.88. The third-order valence-electron chi connectivity index (χ3n) is 3.35. The summed E-state index contributed by atoms with van der Waals surface area (Å²) in [5, 5.41) is 6.31. The molecule has 1 fully saturated rings. The van der Waals surface area contributed by atoms with Gasteiger partial charge in [0.1, 0.15) is 0 Å². The Kier molecular flexibility index (Phi) is 3.66. The molecule has 1 aliphatic rings. The van der Waals surface area contributed by atoms with Crippen LogP contribution in [0, 0.1) is 0 Å². The van der Waals surface area contributed by atoms with Crippen LogP contribution in [0.2, 0.25) is 0 Å². The van der Waals surface area contributed by atoms with Crippen LogP contribution in [0.4, 0.5) is 5.13 Å². The van der Waals surface area contributed by atoms with Gasteiger partial charge in [0.2, 0.25) is 5.91 Å². The predicted molar refractivity (Wildman–Crippen MR) is 81.2 cm³/mol. The Balaban J connectivity index is 1.92. The highest BCUT2D eigenvalue weighted by molar-refractivity contribution is 7.14. The van der Waals surface area contributed by atoms with Crippen molar-refractivity contribution in [2.24, 2.45) is 5.73 Å². The third-order valence-corrected chi connectivity index (χ3v) is 4.25. The summed E-state index contributed by atoms with van der Waals surface area (Å²) in [4.78, 5) is 18.4. The van der Waals surface area contributed by atoms with Crippen molar-refractivity contribution in [1.82, 2.24) is 10.3 Å². The van der Waals surface area contributed by atoms with Gasteiger partial charge in [-0.1, -0.05) is 18.2 Å². The summed E-state index contributed by atoms with van der Waals surface area (Å²) in [6.07, 6.45) is 0. The molecule has 6 heteroatoms. The number of nitrogens with zero attached hydrogens (tertiary/aromatic N) is 2. The molecule has 104 valence electrons. The molecule has 2 aromatic rings. The van der Waals surface area contributed by atoms with Crippen molar-refractivity contribution in [3.63, 3.8) is 0 Å². The number of nitrogens with two attached hydrogens (primary N) is 1. The van der Waals surface area contributed by atoms with Crippen LogP contribution in [0.5, 0.6) is 0 Å². The van der Waals surface area contributed by atoms with Crippen LogP contribution in [-0.4, -0.2) is 37.1 Å².